The molecule has 0 saturated heterocycles. The van der Waals surface area contributed by atoms with Crippen LogP contribution in [-0.2, 0) is 10.0 Å². The summed E-state index contributed by atoms with van der Waals surface area (Å²) in [5.74, 6) is -0.0937. The third-order valence-electron chi connectivity index (χ3n) is 2.45. The van der Waals surface area contributed by atoms with Crippen LogP contribution in [0.4, 0.5) is 5.82 Å². The molecule has 0 radical (unpaired) electrons. The number of pyridine rings is 1. The van der Waals surface area contributed by atoms with Gasteiger partial charge in [-0.05, 0) is 19.1 Å². The van der Waals surface area contributed by atoms with Crippen molar-refractivity contribution in [3.8, 4) is 6.07 Å². The van der Waals surface area contributed by atoms with E-state index in [0.717, 1.165) is 0 Å². The fourth-order valence-corrected chi connectivity index (χ4v) is 2.92. The first-order valence-corrected chi connectivity index (χ1v) is 6.97. The van der Waals surface area contributed by atoms with E-state index < -0.39 is 10.0 Å². The molecule has 1 aromatic heterocycles. The number of anilines is 1. The molecule has 0 aliphatic carbocycles. The third-order valence-corrected chi connectivity index (χ3v) is 4.37. The molecule has 98 valence electrons. The zero-order chi connectivity index (χ0) is 13.8. The Morgan fingerprint density at radius 2 is 2.22 bits per heavy atom. The lowest BCUT2D eigenvalue weighted by Crippen LogP contribution is -2.34. The Morgan fingerprint density at radius 3 is 2.67 bits per heavy atom. The van der Waals surface area contributed by atoms with Crippen molar-refractivity contribution < 1.29 is 8.42 Å². The molecular formula is C11H16N4O2S. The van der Waals surface area contributed by atoms with E-state index in [1.165, 1.54) is 22.6 Å². The van der Waals surface area contributed by atoms with Crippen molar-refractivity contribution >= 4 is 15.8 Å². The molecular weight excluding hydrogens is 252 g/mol. The highest BCUT2D eigenvalue weighted by atomic mass is 32.2. The maximum absolute atomic E-state index is 12.3. The fourth-order valence-electron chi connectivity index (χ4n) is 1.44. The van der Waals surface area contributed by atoms with Crippen molar-refractivity contribution in [1.29, 1.82) is 5.26 Å². The van der Waals surface area contributed by atoms with Crippen molar-refractivity contribution in [3.63, 3.8) is 0 Å². The van der Waals surface area contributed by atoms with Crippen LogP contribution in [0.25, 0.3) is 0 Å². The molecule has 1 unspecified atom stereocenters. The van der Waals surface area contributed by atoms with E-state index in [2.05, 4.69) is 4.98 Å². The molecule has 6 nitrogen and oxygen atoms in total. The highest BCUT2D eigenvalue weighted by molar-refractivity contribution is 7.89. The highest BCUT2D eigenvalue weighted by Gasteiger charge is 2.24. The van der Waals surface area contributed by atoms with Gasteiger partial charge in [-0.2, -0.15) is 9.57 Å². The molecule has 18 heavy (non-hydrogen) atoms. The Morgan fingerprint density at radius 1 is 1.56 bits per heavy atom. The second-order valence-electron chi connectivity index (χ2n) is 3.90. The first-order valence-electron chi connectivity index (χ1n) is 5.53. The van der Waals surface area contributed by atoms with Crippen molar-refractivity contribution in [2.24, 2.45) is 5.92 Å². The maximum Gasteiger partial charge on any atom is 0.244 e. The average Bonchev–Trinajstić information content (AvgIpc) is 2.35. The number of hydrogen-bond acceptors (Lipinski definition) is 5. The van der Waals surface area contributed by atoms with Crippen LogP contribution >= 0.6 is 0 Å². The minimum Gasteiger partial charge on any atom is -0.384 e. The molecule has 1 heterocycles. The van der Waals surface area contributed by atoms with Gasteiger partial charge in [-0.3, -0.25) is 0 Å². The number of nitrogens with zero attached hydrogens (tertiary/aromatic N) is 3. The lowest BCUT2D eigenvalue weighted by atomic mass is 10.2. The van der Waals surface area contributed by atoms with Gasteiger partial charge in [0.15, 0.2) is 0 Å². The predicted molar refractivity (Wildman–Crippen MR) is 67.9 cm³/mol. The number of aromatic nitrogens is 1. The number of nitrogens with two attached hydrogens (primary N) is 1. The van der Waals surface area contributed by atoms with E-state index in [1.807, 2.05) is 6.07 Å². The Bertz CT molecular complexity index is 533. The summed E-state index contributed by atoms with van der Waals surface area (Å²) >= 11 is 0. The SMILES string of the molecule is CCN(CC(C)C#N)S(=O)(=O)c1ccc(N)nc1. The Balaban J connectivity index is 3.04. The van der Waals surface area contributed by atoms with E-state index in [4.69, 9.17) is 11.0 Å². The summed E-state index contributed by atoms with van der Waals surface area (Å²) in [4.78, 5) is 3.86. The summed E-state index contributed by atoms with van der Waals surface area (Å²) in [5, 5.41) is 8.75. The Labute approximate surface area is 107 Å². The minimum absolute atomic E-state index is 0.0867. The summed E-state index contributed by atoms with van der Waals surface area (Å²) in [6.45, 7) is 3.88. The number of sulfonamides is 1. The van der Waals surface area contributed by atoms with Crippen LogP contribution in [0.3, 0.4) is 0 Å². The highest BCUT2D eigenvalue weighted by Crippen LogP contribution is 2.16. The number of rotatable bonds is 5. The molecule has 2 N–H and O–H groups in total. The van der Waals surface area contributed by atoms with E-state index in [1.54, 1.807) is 13.8 Å². The molecule has 1 rings (SSSR count). The molecule has 0 aromatic carbocycles. The fraction of sp³-hybridized carbons (Fsp3) is 0.455. The third kappa shape index (κ3) is 3.18. The molecule has 0 spiro atoms. The quantitative estimate of drug-likeness (QED) is 0.852. The van der Waals surface area contributed by atoms with Gasteiger partial charge in [0.2, 0.25) is 10.0 Å². The lowest BCUT2D eigenvalue weighted by molar-refractivity contribution is 0.399. The summed E-state index contributed by atoms with van der Waals surface area (Å²) in [6.07, 6.45) is 1.23. The van der Waals surface area contributed by atoms with E-state index >= 15 is 0 Å². The smallest absolute Gasteiger partial charge is 0.244 e. The zero-order valence-corrected chi connectivity index (χ0v) is 11.2. The second-order valence-corrected chi connectivity index (χ2v) is 5.84. The summed E-state index contributed by atoms with van der Waals surface area (Å²) < 4.78 is 25.8. The molecule has 7 heteroatoms. The van der Waals surface area contributed by atoms with Gasteiger partial charge in [-0.25, -0.2) is 13.4 Å². The van der Waals surface area contributed by atoms with Crippen molar-refractivity contribution in [2.75, 3.05) is 18.8 Å². The molecule has 0 bridgehead atoms. The van der Waals surface area contributed by atoms with E-state index in [0.29, 0.717) is 6.54 Å². The van der Waals surface area contributed by atoms with Gasteiger partial charge in [0.25, 0.3) is 0 Å². The minimum atomic E-state index is -3.61. The van der Waals surface area contributed by atoms with Gasteiger partial charge >= 0.3 is 0 Å². The molecule has 0 amide bonds. The molecule has 0 aliphatic heterocycles. The second kappa shape index (κ2) is 5.80. The number of hydrogen-bond donors (Lipinski definition) is 1. The van der Waals surface area contributed by atoms with Crippen LogP contribution in [0.1, 0.15) is 13.8 Å². The zero-order valence-electron chi connectivity index (χ0n) is 10.4. The molecule has 0 saturated carbocycles. The Kier molecular flexibility index (Phi) is 4.64. The largest absolute Gasteiger partial charge is 0.384 e. The van der Waals surface area contributed by atoms with Gasteiger partial charge in [-0.1, -0.05) is 6.92 Å². The standard InChI is InChI=1S/C11H16N4O2S/c1-3-15(8-9(2)6-12)18(16,17)10-4-5-11(13)14-7-10/h4-5,7,9H,3,8H2,1-2H3,(H2,13,14). The summed E-state index contributed by atoms with van der Waals surface area (Å²) in [6, 6.07) is 4.87. The van der Waals surface area contributed by atoms with Gasteiger partial charge in [0.05, 0.1) is 12.0 Å². The predicted octanol–water partition coefficient (Wildman–Crippen LogP) is 0.834. The van der Waals surface area contributed by atoms with Crippen LogP contribution < -0.4 is 5.73 Å². The molecule has 1 aromatic rings. The van der Waals surface area contributed by atoms with Crippen molar-refractivity contribution in [2.45, 2.75) is 18.7 Å². The van der Waals surface area contributed by atoms with Crippen molar-refractivity contribution in [3.05, 3.63) is 18.3 Å². The first-order chi connectivity index (χ1) is 8.41. The van der Waals surface area contributed by atoms with Crippen LogP contribution in [-0.4, -0.2) is 30.8 Å². The summed E-state index contributed by atoms with van der Waals surface area (Å²) in [7, 11) is -3.61. The van der Waals surface area contributed by atoms with Gasteiger partial charge < -0.3 is 5.73 Å². The maximum atomic E-state index is 12.3. The van der Waals surface area contributed by atoms with Crippen LogP contribution in [0.5, 0.6) is 0 Å². The van der Waals surface area contributed by atoms with Gasteiger partial charge in [-0.15, -0.1) is 0 Å². The molecule has 0 aliphatic rings. The van der Waals surface area contributed by atoms with Crippen LogP contribution in [0.2, 0.25) is 0 Å². The van der Waals surface area contributed by atoms with Gasteiger partial charge in [0, 0.05) is 19.3 Å². The molecule has 1 atom stereocenters. The monoisotopic (exact) mass is 268 g/mol. The van der Waals surface area contributed by atoms with E-state index in [9.17, 15) is 8.42 Å². The van der Waals surface area contributed by atoms with E-state index in [-0.39, 0.29) is 23.2 Å². The summed E-state index contributed by atoms with van der Waals surface area (Å²) in [5.41, 5.74) is 5.42. The number of nitrogen functional groups attached to an aromatic ring is 1. The first kappa shape index (κ1) is 14.4. The van der Waals surface area contributed by atoms with Crippen molar-refractivity contribution in [1.82, 2.24) is 9.29 Å². The normalized spacial score (nSPS) is 13.2. The average molecular weight is 268 g/mol. The topological polar surface area (TPSA) is 100 Å². The van der Waals surface area contributed by atoms with Crippen LogP contribution in [0, 0.1) is 17.2 Å². The van der Waals surface area contributed by atoms with Crippen LogP contribution in [0.15, 0.2) is 23.2 Å². The number of nitriles is 1. The molecule has 0 fully saturated rings. The van der Waals surface area contributed by atoms with Gasteiger partial charge in [0.1, 0.15) is 10.7 Å². The lowest BCUT2D eigenvalue weighted by Gasteiger charge is -2.21. The Hall–Kier alpha value is -1.65.